The number of hydrogen-bond donors (Lipinski definition) is 1. The van der Waals surface area contributed by atoms with E-state index in [9.17, 15) is 13.2 Å². The first kappa shape index (κ1) is 20.1. The monoisotopic (exact) mass is 395 g/mol. The first-order valence-electron chi connectivity index (χ1n) is 9.55. The van der Waals surface area contributed by atoms with E-state index in [2.05, 4.69) is 17.1 Å². The van der Waals surface area contributed by atoms with Crippen LogP contribution in [0.3, 0.4) is 0 Å². The summed E-state index contributed by atoms with van der Waals surface area (Å²) in [5, 5.41) is 2.54. The van der Waals surface area contributed by atoms with Crippen LogP contribution in [0, 0.1) is 5.41 Å². The second-order valence-corrected chi connectivity index (χ2v) is 9.43. The van der Waals surface area contributed by atoms with Gasteiger partial charge in [0.15, 0.2) is 0 Å². The molecule has 3 rings (SSSR count). The summed E-state index contributed by atoms with van der Waals surface area (Å²) >= 11 is 0. The van der Waals surface area contributed by atoms with Crippen LogP contribution >= 0.6 is 0 Å². The number of nitrogens with zero attached hydrogens (tertiary/aromatic N) is 2. The van der Waals surface area contributed by atoms with Gasteiger partial charge in [-0.1, -0.05) is 19.1 Å². The van der Waals surface area contributed by atoms with Crippen molar-refractivity contribution in [2.24, 2.45) is 5.41 Å². The number of piperidine rings is 1. The van der Waals surface area contributed by atoms with Crippen LogP contribution in [-0.2, 0) is 14.8 Å². The summed E-state index contributed by atoms with van der Waals surface area (Å²) in [7, 11) is -2.29. The van der Waals surface area contributed by atoms with E-state index >= 15 is 0 Å². The van der Waals surface area contributed by atoms with Gasteiger partial charge in [0.1, 0.15) is 10.6 Å². The predicted octanol–water partition coefficient (Wildman–Crippen LogP) is 1.31. The predicted molar refractivity (Wildman–Crippen MR) is 103 cm³/mol. The lowest BCUT2D eigenvalue weighted by molar-refractivity contribution is -0.121. The highest BCUT2D eigenvalue weighted by atomic mass is 32.2. The average Bonchev–Trinajstić information content (AvgIpc) is 2.67. The molecule has 0 atom stereocenters. The molecule has 0 radical (unpaired) electrons. The lowest BCUT2D eigenvalue weighted by atomic mass is 9.78. The van der Waals surface area contributed by atoms with E-state index in [0.717, 1.165) is 38.9 Å². The van der Waals surface area contributed by atoms with E-state index in [4.69, 9.17) is 4.74 Å². The fourth-order valence-electron chi connectivity index (χ4n) is 3.91. The lowest BCUT2D eigenvalue weighted by Gasteiger charge is -2.44. The molecular weight excluding hydrogens is 366 g/mol. The topological polar surface area (TPSA) is 79.0 Å². The number of amides is 1. The molecule has 150 valence electrons. The van der Waals surface area contributed by atoms with Crippen LogP contribution in [-0.4, -0.2) is 69.9 Å². The average molecular weight is 396 g/mol. The molecule has 1 saturated heterocycles. The third-order valence-corrected chi connectivity index (χ3v) is 7.40. The summed E-state index contributed by atoms with van der Waals surface area (Å²) < 4.78 is 33.9. The number of benzene rings is 1. The zero-order valence-electron chi connectivity index (χ0n) is 16.1. The molecule has 7 nitrogen and oxygen atoms in total. The van der Waals surface area contributed by atoms with Crippen molar-refractivity contribution in [1.29, 1.82) is 0 Å². The van der Waals surface area contributed by atoms with Crippen molar-refractivity contribution in [3.8, 4) is 5.75 Å². The Morgan fingerprint density at radius 2 is 1.96 bits per heavy atom. The molecule has 1 aromatic rings. The summed E-state index contributed by atoms with van der Waals surface area (Å²) in [5.41, 5.74) is -0.279. The van der Waals surface area contributed by atoms with Crippen LogP contribution in [0.5, 0.6) is 5.75 Å². The molecule has 1 aromatic carbocycles. The quantitative estimate of drug-likeness (QED) is 0.832. The van der Waals surface area contributed by atoms with Gasteiger partial charge in [-0.2, -0.15) is 4.31 Å². The molecule has 0 unspecified atom stereocenters. The molecule has 2 aliphatic heterocycles. The minimum absolute atomic E-state index is 0.132. The highest BCUT2D eigenvalue weighted by molar-refractivity contribution is 7.89. The van der Waals surface area contributed by atoms with Gasteiger partial charge in [-0.05, 0) is 51.0 Å². The maximum atomic E-state index is 13.3. The Hall–Kier alpha value is -1.64. The van der Waals surface area contributed by atoms with Crippen LogP contribution < -0.4 is 10.1 Å². The summed E-state index contributed by atoms with van der Waals surface area (Å²) in [6.07, 6.45) is 2.82. The molecule has 0 aliphatic carbocycles. The molecule has 2 heterocycles. The normalized spacial score (nSPS) is 22.3. The molecular formula is C19H29N3O4S. The Kier molecular flexibility index (Phi) is 6.08. The number of fused-ring (bicyclic) bond motifs is 1. The summed E-state index contributed by atoms with van der Waals surface area (Å²) in [4.78, 5) is 14.6. The molecule has 27 heavy (non-hydrogen) atoms. The Morgan fingerprint density at radius 3 is 2.63 bits per heavy atom. The minimum atomic E-state index is -3.81. The molecule has 1 amide bonds. The van der Waals surface area contributed by atoms with E-state index < -0.39 is 10.0 Å². The summed E-state index contributed by atoms with van der Waals surface area (Å²) in [5.74, 6) is 0.0607. The zero-order valence-corrected chi connectivity index (χ0v) is 16.9. The molecule has 1 N–H and O–H groups in total. The van der Waals surface area contributed by atoms with Crippen LogP contribution in [0.25, 0.3) is 0 Å². The van der Waals surface area contributed by atoms with Gasteiger partial charge in [-0.3, -0.25) is 4.79 Å². The molecule has 0 bridgehead atoms. The lowest BCUT2D eigenvalue weighted by Crippen LogP contribution is -2.53. The van der Waals surface area contributed by atoms with Gasteiger partial charge in [-0.25, -0.2) is 8.42 Å². The van der Waals surface area contributed by atoms with Gasteiger partial charge in [0.2, 0.25) is 15.9 Å². The number of carbonyl (C=O) groups excluding carboxylic acids is 1. The van der Waals surface area contributed by atoms with E-state index in [0.29, 0.717) is 18.9 Å². The first-order valence-corrected chi connectivity index (χ1v) is 11.0. The molecule has 2 aliphatic rings. The number of hydrogen-bond acceptors (Lipinski definition) is 5. The molecule has 1 fully saturated rings. The maximum absolute atomic E-state index is 13.3. The molecule has 0 saturated carbocycles. The van der Waals surface area contributed by atoms with E-state index in [1.165, 1.54) is 11.4 Å². The van der Waals surface area contributed by atoms with Crippen LogP contribution in [0.2, 0.25) is 0 Å². The number of likely N-dealkylation sites (tertiary alicyclic amines) is 1. The van der Waals surface area contributed by atoms with Gasteiger partial charge >= 0.3 is 0 Å². The number of para-hydroxylation sites is 1. The van der Waals surface area contributed by atoms with Gasteiger partial charge in [0, 0.05) is 19.0 Å². The fourth-order valence-corrected chi connectivity index (χ4v) is 5.55. The SMILES string of the molecule is CCCN1CCC2(CC1)COc1ccccc1S(=O)(=O)N(CC(=O)NC)C2. The number of ether oxygens (including phenoxy) is 1. The van der Waals surface area contributed by atoms with Crippen molar-refractivity contribution in [2.45, 2.75) is 31.1 Å². The number of nitrogens with one attached hydrogen (secondary N) is 1. The summed E-state index contributed by atoms with van der Waals surface area (Å²) in [6.45, 7) is 5.66. The minimum Gasteiger partial charge on any atom is -0.492 e. The second-order valence-electron chi connectivity index (χ2n) is 7.52. The number of carbonyl (C=O) groups is 1. The molecule has 1 spiro atoms. The van der Waals surface area contributed by atoms with Crippen molar-refractivity contribution in [2.75, 3.05) is 46.4 Å². The van der Waals surface area contributed by atoms with Crippen molar-refractivity contribution >= 4 is 15.9 Å². The Bertz CT molecular complexity index is 773. The molecule has 0 aromatic heterocycles. The summed E-state index contributed by atoms with van der Waals surface area (Å²) in [6, 6.07) is 6.69. The van der Waals surface area contributed by atoms with Crippen molar-refractivity contribution in [1.82, 2.24) is 14.5 Å². The fraction of sp³-hybridized carbons (Fsp3) is 0.632. The smallest absolute Gasteiger partial charge is 0.247 e. The van der Waals surface area contributed by atoms with Gasteiger partial charge in [-0.15, -0.1) is 0 Å². The van der Waals surface area contributed by atoms with Crippen molar-refractivity contribution in [3.05, 3.63) is 24.3 Å². The van der Waals surface area contributed by atoms with E-state index in [1.807, 2.05) is 0 Å². The maximum Gasteiger partial charge on any atom is 0.247 e. The second kappa shape index (κ2) is 8.16. The molecule has 8 heteroatoms. The standard InChI is InChI=1S/C19H29N3O4S/c1-3-10-21-11-8-19(9-12-21)14-22(13-18(23)20-2)27(24,25)17-7-5-4-6-16(17)26-15-19/h4-7H,3,8-15H2,1-2H3,(H,20,23). The largest absolute Gasteiger partial charge is 0.492 e. The van der Waals surface area contributed by atoms with Gasteiger partial charge in [0.25, 0.3) is 0 Å². The van der Waals surface area contributed by atoms with Gasteiger partial charge < -0.3 is 15.0 Å². The Balaban J connectivity index is 1.94. The van der Waals surface area contributed by atoms with Crippen LogP contribution in [0.1, 0.15) is 26.2 Å². The van der Waals surface area contributed by atoms with Crippen LogP contribution in [0.15, 0.2) is 29.2 Å². The third kappa shape index (κ3) is 4.28. The highest BCUT2D eigenvalue weighted by Gasteiger charge is 2.43. The zero-order chi connectivity index (χ0) is 19.5. The highest BCUT2D eigenvalue weighted by Crippen LogP contribution is 2.39. The number of sulfonamides is 1. The first-order chi connectivity index (χ1) is 12.9. The van der Waals surface area contributed by atoms with Gasteiger partial charge in [0.05, 0.1) is 13.2 Å². The number of rotatable bonds is 4. The number of likely N-dealkylation sites (N-methyl/N-ethyl adjacent to an activating group) is 1. The Morgan fingerprint density at radius 1 is 1.26 bits per heavy atom. The van der Waals surface area contributed by atoms with E-state index in [-0.39, 0.29) is 22.8 Å². The van der Waals surface area contributed by atoms with E-state index in [1.54, 1.807) is 24.3 Å². The van der Waals surface area contributed by atoms with Crippen LogP contribution in [0.4, 0.5) is 0 Å². The van der Waals surface area contributed by atoms with Crippen molar-refractivity contribution in [3.63, 3.8) is 0 Å². The third-order valence-electron chi connectivity index (χ3n) is 5.57. The Labute approximate surface area is 161 Å². The van der Waals surface area contributed by atoms with Crippen molar-refractivity contribution < 1.29 is 17.9 Å².